The van der Waals surface area contributed by atoms with E-state index in [1.165, 1.54) is 57.3 Å². The number of likely N-dealkylation sites (tertiary alicyclic amines) is 1. The maximum atomic E-state index is 13.0. The van der Waals surface area contributed by atoms with Gasteiger partial charge in [0.2, 0.25) is 0 Å². The lowest BCUT2D eigenvalue weighted by atomic mass is 9.84. The molecule has 7 rings (SSSR count). The van der Waals surface area contributed by atoms with Crippen molar-refractivity contribution in [1.29, 1.82) is 0 Å². The maximum absolute atomic E-state index is 13.0. The van der Waals surface area contributed by atoms with E-state index in [0.29, 0.717) is 5.92 Å². The highest BCUT2D eigenvalue weighted by Gasteiger charge is 2.62. The van der Waals surface area contributed by atoms with Crippen LogP contribution in [0.5, 0.6) is 0 Å². The van der Waals surface area contributed by atoms with Crippen molar-refractivity contribution in [1.82, 2.24) is 25.2 Å². The summed E-state index contributed by atoms with van der Waals surface area (Å²) in [7, 11) is 1.90. The van der Waals surface area contributed by atoms with E-state index in [2.05, 4.69) is 26.5 Å². The van der Waals surface area contributed by atoms with Gasteiger partial charge in [0.05, 0.1) is 16.8 Å². The largest absolute Gasteiger partial charge is 0.361 e. The summed E-state index contributed by atoms with van der Waals surface area (Å²) in [6, 6.07) is 8.33. The Morgan fingerprint density at radius 1 is 1.20 bits per heavy atom. The van der Waals surface area contributed by atoms with E-state index in [0.717, 1.165) is 53.4 Å². The molecule has 0 radical (unpaired) electrons. The third-order valence-electron chi connectivity index (χ3n) is 9.18. The van der Waals surface area contributed by atoms with Crippen molar-refractivity contribution in [2.75, 3.05) is 19.6 Å². The Morgan fingerprint density at radius 2 is 2.06 bits per heavy atom. The molecule has 184 valence electrons. The summed E-state index contributed by atoms with van der Waals surface area (Å²) in [6.45, 7) is 3.56. The first-order valence-electron chi connectivity index (χ1n) is 13.5. The fourth-order valence-corrected chi connectivity index (χ4v) is 6.82. The molecule has 3 aromatic rings. The number of amides is 1. The predicted octanol–water partition coefficient (Wildman–Crippen LogP) is 4.39. The van der Waals surface area contributed by atoms with Crippen LogP contribution in [0.25, 0.3) is 10.9 Å². The minimum Gasteiger partial charge on any atom is -0.361 e. The molecule has 3 heterocycles. The van der Waals surface area contributed by atoms with Crippen molar-refractivity contribution >= 4 is 16.8 Å². The van der Waals surface area contributed by atoms with Crippen molar-refractivity contribution in [2.24, 2.45) is 18.9 Å². The molecule has 0 spiro atoms. The first-order valence-corrected chi connectivity index (χ1v) is 13.5. The fourth-order valence-electron chi connectivity index (χ4n) is 6.82. The summed E-state index contributed by atoms with van der Waals surface area (Å²) in [4.78, 5) is 15.6. The summed E-state index contributed by atoms with van der Waals surface area (Å²) in [6.07, 6.45) is 11.6. The van der Waals surface area contributed by atoms with Gasteiger partial charge in [-0.05, 0) is 81.9 Å². The number of piperidine rings is 1. The Labute approximate surface area is 206 Å². The first-order chi connectivity index (χ1) is 17.1. The van der Waals surface area contributed by atoms with E-state index >= 15 is 0 Å². The average Bonchev–Trinajstić information content (AvgIpc) is 3.67. The van der Waals surface area contributed by atoms with Gasteiger partial charge in [0.1, 0.15) is 5.76 Å². The number of aromatic nitrogens is 3. The zero-order valence-electron chi connectivity index (χ0n) is 20.6. The Morgan fingerprint density at radius 3 is 2.89 bits per heavy atom. The summed E-state index contributed by atoms with van der Waals surface area (Å²) in [5.74, 6) is 3.35. The van der Waals surface area contributed by atoms with E-state index < -0.39 is 0 Å². The number of nitrogens with zero attached hydrogens (tertiary/aromatic N) is 4. The van der Waals surface area contributed by atoms with Gasteiger partial charge in [-0.15, -0.1) is 0 Å². The second-order valence-electron chi connectivity index (χ2n) is 11.7. The van der Waals surface area contributed by atoms with Gasteiger partial charge in [0.15, 0.2) is 0 Å². The average molecular weight is 474 g/mol. The highest BCUT2D eigenvalue weighted by atomic mass is 16.5. The first kappa shape index (κ1) is 21.6. The van der Waals surface area contributed by atoms with Gasteiger partial charge in [-0.1, -0.05) is 11.2 Å². The number of rotatable bonds is 7. The van der Waals surface area contributed by atoms with Crippen LogP contribution in [0.2, 0.25) is 0 Å². The SMILES string of the molecule is Cn1cc2c(C(=O)N[C@H]3CC[C@H](CCN4CC5CC5(c5cc(C6CC6)on5)C4)CC3)cccc2n1. The number of nitrogens with one attached hydrogen (secondary N) is 1. The quantitative estimate of drug-likeness (QED) is 0.551. The van der Waals surface area contributed by atoms with Crippen LogP contribution in [0.15, 0.2) is 35.0 Å². The molecule has 4 aliphatic rings. The number of aryl methyl sites for hydroxylation is 1. The van der Waals surface area contributed by atoms with Crippen LogP contribution in [0, 0.1) is 11.8 Å². The van der Waals surface area contributed by atoms with Gasteiger partial charge < -0.3 is 14.7 Å². The van der Waals surface area contributed by atoms with E-state index in [-0.39, 0.29) is 17.4 Å². The van der Waals surface area contributed by atoms with Gasteiger partial charge >= 0.3 is 0 Å². The molecule has 7 nitrogen and oxygen atoms in total. The molecular weight excluding hydrogens is 438 g/mol. The molecule has 0 bridgehead atoms. The second kappa shape index (κ2) is 8.19. The molecule has 2 aromatic heterocycles. The van der Waals surface area contributed by atoms with E-state index in [9.17, 15) is 4.79 Å². The predicted molar refractivity (Wildman–Crippen MR) is 133 cm³/mol. The number of fused-ring (bicyclic) bond motifs is 2. The van der Waals surface area contributed by atoms with Crippen molar-refractivity contribution in [3.63, 3.8) is 0 Å². The van der Waals surface area contributed by atoms with Crippen molar-refractivity contribution in [3.05, 3.63) is 47.5 Å². The summed E-state index contributed by atoms with van der Waals surface area (Å²) < 4.78 is 7.44. The second-order valence-corrected chi connectivity index (χ2v) is 11.7. The van der Waals surface area contributed by atoms with Crippen molar-refractivity contribution in [2.45, 2.75) is 68.7 Å². The molecular formula is C28H35N5O2. The Hall–Kier alpha value is -2.67. The summed E-state index contributed by atoms with van der Waals surface area (Å²) in [5.41, 5.74) is 3.12. The van der Waals surface area contributed by atoms with Crippen molar-refractivity contribution in [3.8, 4) is 0 Å². The number of hydrogen-bond acceptors (Lipinski definition) is 5. The molecule has 35 heavy (non-hydrogen) atoms. The number of carbonyl (C=O) groups excluding carboxylic acids is 1. The lowest BCUT2D eigenvalue weighted by molar-refractivity contribution is 0.0921. The smallest absolute Gasteiger partial charge is 0.252 e. The molecule has 1 aromatic carbocycles. The standard InChI is InChI=1S/C28H35N5O2/c1-32-16-23-22(3-2-4-24(23)30-32)27(34)29-21-9-5-18(6-10-21)11-12-33-15-20-14-28(20,17-33)26-13-25(35-31-26)19-7-8-19/h2-4,13,16,18-21H,5-12,14-15,17H2,1H3,(H,29,34)/t18-,20?,21-,28?. The van der Waals surface area contributed by atoms with Crippen molar-refractivity contribution < 1.29 is 9.32 Å². The topological polar surface area (TPSA) is 76.2 Å². The molecule has 2 atom stereocenters. The van der Waals surface area contributed by atoms with Gasteiger partial charge in [-0.3, -0.25) is 9.48 Å². The van der Waals surface area contributed by atoms with E-state index in [1.807, 2.05) is 31.4 Å². The van der Waals surface area contributed by atoms with Gasteiger partial charge in [-0.25, -0.2) is 0 Å². The van der Waals surface area contributed by atoms with E-state index in [1.54, 1.807) is 4.68 Å². The Kier molecular flexibility index (Phi) is 5.05. The van der Waals surface area contributed by atoms with Gasteiger partial charge in [0, 0.05) is 55.2 Å². The molecule has 3 saturated carbocycles. The van der Waals surface area contributed by atoms with Crippen LogP contribution >= 0.6 is 0 Å². The molecule has 1 aliphatic heterocycles. The Bertz CT molecular complexity index is 1250. The molecule has 4 fully saturated rings. The minimum atomic E-state index is 0.0336. The highest BCUT2D eigenvalue weighted by Crippen LogP contribution is 2.59. The monoisotopic (exact) mass is 473 g/mol. The fraction of sp³-hybridized carbons (Fsp3) is 0.607. The zero-order valence-corrected chi connectivity index (χ0v) is 20.6. The summed E-state index contributed by atoms with van der Waals surface area (Å²) >= 11 is 0. The third-order valence-corrected chi connectivity index (χ3v) is 9.18. The Balaban J connectivity index is 0.885. The molecule has 1 saturated heterocycles. The number of hydrogen-bond donors (Lipinski definition) is 1. The molecule has 1 N–H and O–H groups in total. The van der Waals surface area contributed by atoms with Crippen LogP contribution in [-0.2, 0) is 12.5 Å². The van der Waals surface area contributed by atoms with Crippen LogP contribution in [0.4, 0.5) is 0 Å². The van der Waals surface area contributed by atoms with Gasteiger partial charge in [0.25, 0.3) is 5.91 Å². The maximum Gasteiger partial charge on any atom is 0.252 e. The third kappa shape index (κ3) is 3.98. The zero-order chi connectivity index (χ0) is 23.6. The lowest BCUT2D eigenvalue weighted by Gasteiger charge is -2.30. The normalized spacial score (nSPS) is 30.5. The molecule has 7 heteroatoms. The van der Waals surface area contributed by atoms with Gasteiger partial charge in [-0.2, -0.15) is 5.10 Å². The highest BCUT2D eigenvalue weighted by molar-refractivity contribution is 6.06. The van der Waals surface area contributed by atoms with Crippen LogP contribution < -0.4 is 5.32 Å². The van der Waals surface area contributed by atoms with Crippen LogP contribution in [-0.4, -0.2) is 51.4 Å². The van der Waals surface area contributed by atoms with Crippen LogP contribution in [0.1, 0.15) is 79.1 Å². The van der Waals surface area contributed by atoms with Crippen LogP contribution in [0.3, 0.4) is 0 Å². The lowest BCUT2D eigenvalue weighted by Crippen LogP contribution is -2.38. The summed E-state index contributed by atoms with van der Waals surface area (Å²) in [5, 5.41) is 13.1. The molecule has 3 aliphatic carbocycles. The molecule has 1 amide bonds. The minimum absolute atomic E-state index is 0.0336. The number of benzene rings is 1. The number of carbonyl (C=O) groups is 1. The molecule has 2 unspecified atom stereocenters. The van der Waals surface area contributed by atoms with E-state index in [4.69, 9.17) is 4.52 Å².